The summed E-state index contributed by atoms with van der Waals surface area (Å²) in [4.78, 5) is 16.9. The lowest BCUT2D eigenvalue weighted by atomic mass is 10.1. The number of thiazole rings is 1. The van der Waals surface area contributed by atoms with Crippen LogP contribution in [0.2, 0.25) is 5.02 Å². The van der Waals surface area contributed by atoms with E-state index in [0.29, 0.717) is 27.8 Å². The molecule has 24 heavy (non-hydrogen) atoms. The van der Waals surface area contributed by atoms with Gasteiger partial charge in [-0.05, 0) is 36.4 Å². The average Bonchev–Trinajstić information content (AvgIpc) is 3.00. The molecule has 124 valence electrons. The highest BCUT2D eigenvalue weighted by Crippen LogP contribution is 2.32. The van der Waals surface area contributed by atoms with Crippen molar-refractivity contribution in [1.82, 2.24) is 4.98 Å². The highest BCUT2D eigenvalue weighted by atomic mass is 35.5. The third kappa shape index (κ3) is 3.66. The normalized spacial score (nSPS) is 10.8. The Morgan fingerprint density at radius 3 is 2.71 bits per heavy atom. The van der Waals surface area contributed by atoms with Crippen LogP contribution in [-0.2, 0) is 0 Å². The molecule has 0 amide bonds. The SMILES string of the molecule is COc1ccc(C(=O)CSc2nc3cc(Cl)ccc3s2)cc1OC. The van der Waals surface area contributed by atoms with Crippen LogP contribution in [0.3, 0.4) is 0 Å². The number of fused-ring (bicyclic) bond motifs is 1. The van der Waals surface area contributed by atoms with Gasteiger partial charge in [0.2, 0.25) is 0 Å². The van der Waals surface area contributed by atoms with Gasteiger partial charge in [-0.2, -0.15) is 0 Å². The Balaban J connectivity index is 1.72. The summed E-state index contributed by atoms with van der Waals surface area (Å²) in [5.41, 5.74) is 1.44. The zero-order chi connectivity index (χ0) is 17.1. The molecule has 0 spiro atoms. The molecule has 0 aliphatic heterocycles. The number of thioether (sulfide) groups is 1. The van der Waals surface area contributed by atoms with Crippen molar-refractivity contribution in [2.24, 2.45) is 0 Å². The standard InChI is InChI=1S/C17H14ClNO3S2/c1-21-14-5-3-10(7-15(14)22-2)13(20)9-23-17-19-12-8-11(18)4-6-16(12)24-17/h3-8H,9H2,1-2H3. The molecule has 1 heterocycles. The quantitative estimate of drug-likeness (QED) is 0.448. The van der Waals surface area contributed by atoms with Gasteiger partial charge in [0.1, 0.15) is 0 Å². The first-order chi connectivity index (χ1) is 11.6. The molecule has 3 rings (SSSR count). The Bertz CT molecular complexity index is 895. The summed E-state index contributed by atoms with van der Waals surface area (Å²) in [5, 5.41) is 0.658. The first-order valence-electron chi connectivity index (χ1n) is 7.05. The number of rotatable bonds is 6. The molecule has 0 fully saturated rings. The lowest BCUT2D eigenvalue weighted by molar-refractivity contribution is 0.102. The fourth-order valence-electron chi connectivity index (χ4n) is 2.16. The van der Waals surface area contributed by atoms with Crippen molar-refractivity contribution in [3.63, 3.8) is 0 Å². The Kier molecular flexibility index (Phi) is 5.28. The molecular formula is C17H14ClNO3S2. The minimum absolute atomic E-state index is 0.0123. The summed E-state index contributed by atoms with van der Waals surface area (Å²) < 4.78 is 12.3. The van der Waals surface area contributed by atoms with Crippen LogP contribution in [0.5, 0.6) is 11.5 Å². The summed E-state index contributed by atoms with van der Waals surface area (Å²) in [7, 11) is 3.11. The predicted molar refractivity (Wildman–Crippen MR) is 99.2 cm³/mol. The second-order valence-corrected chi connectivity index (χ2v) is 7.56. The maximum absolute atomic E-state index is 12.4. The van der Waals surface area contributed by atoms with Crippen LogP contribution in [0.15, 0.2) is 40.7 Å². The summed E-state index contributed by atoms with van der Waals surface area (Å²) in [6.45, 7) is 0. The van der Waals surface area contributed by atoms with Gasteiger partial charge in [-0.1, -0.05) is 23.4 Å². The van der Waals surface area contributed by atoms with E-state index in [1.54, 1.807) is 43.8 Å². The zero-order valence-electron chi connectivity index (χ0n) is 13.0. The maximum Gasteiger partial charge on any atom is 0.173 e. The second-order valence-electron chi connectivity index (χ2n) is 4.87. The third-order valence-corrected chi connectivity index (χ3v) is 5.78. The topological polar surface area (TPSA) is 48.4 Å². The molecule has 0 saturated carbocycles. The minimum atomic E-state index is 0.0123. The number of nitrogens with zero attached hydrogens (tertiary/aromatic N) is 1. The van der Waals surface area contributed by atoms with Gasteiger partial charge < -0.3 is 9.47 Å². The predicted octanol–water partition coefficient (Wildman–Crippen LogP) is 4.94. The molecule has 0 aliphatic rings. The molecule has 3 aromatic rings. The van der Waals surface area contributed by atoms with Gasteiger partial charge in [0.05, 0.1) is 30.2 Å². The minimum Gasteiger partial charge on any atom is -0.493 e. The van der Waals surface area contributed by atoms with E-state index < -0.39 is 0 Å². The van der Waals surface area contributed by atoms with E-state index in [-0.39, 0.29) is 5.78 Å². The van der Waals surface area contributed by atoms with Crippen LogP contribution in [0, 0.1) is 0 Å². The first kappa shape index (κ1) is 17.1. The zero-order valence-corrected chi connectivity index (χ0v) is 15.4. The van der Waals surface area contributed by atoms with Crippen LogP contribution in [0.4, 0.5) is 0 Å². The third-order valence-electron chi connectivity index (χ3n) is 3.36. The highest BCUT2D eigenvalue weighted by Gasteiger charge is 2.13. The Morgan fingerprint density at radius 1 is 1.17 bits per heavy atom. The van der Waals surface area contributed by atoms with E-state index in [1.165, 1.54) is 11.8 Å². The molecule has 2 aromatic carbocycles. The largest absolute Gasteiger partial charge is 0.493 e. The van der Waals surface area contributed by atoms with Crippen molar-refractivity contribution in [2.45, 2.75) is 4.34 Å². The number of ketones is 1. The number of Topliss-reactive ketones (excluding diaryl/α,β-unsaturated/α-hetero) is 1. The molecule has 0 bridgehead atoms. The van der Waals surface area contributed by atoms with Gasteiger partial charge >= 0.3 is 0 Å². The van der Waals surface area contributed by atoms with Crippen LogP contribution in [-0.4, -0.2) is 30.7 Å². The molecular weight excluding hydrogens is 366 g/mol. The summed E-state index contributed by atoms with van der Waals surface area (Å²) in [6, 6.07) is 10.8. The number of hydrogen-bond donors (Lipinski definition) is 0. The van der Waals surface area contributed by atoms with E-state index in [1.807, 2.05) is 18.2 Å². The monoisotopic (exact) mass is 379 g/mol. The van der Waals surface area contributed by atoms with Crippen molar-refractivity contribution in [1.29, 1.82) is 0 Å². The molecule has 0 unspecified atom stereocenters. The second kappa shape index (κ2) is 7.42. The lowest BCUT2D eigenvalue weighted by Crippen LogP contribution is -2.03. The van der Waals surface area contributed by atoms with Crippen LogP contribution < -0.4 is 9.47 Å². The summed E-state index contributed by atoms with van der Waals surface area (Å²) >= 11 is 8.94. The number of ether oxygens (including phenoxy) is 2. The van der Waals surface area contributed by atoms with Gasteiger partial charge in [0.15, 0.2) is 21.6 Å². The number of methoxy groups -OCH3 is 2. The fourth-order valence-corrected chi connectivity index (χ4v) is 4.27. The molecule has 0 N–H and O–H groups in total. The number of hydrogen-bond acceptors (Lipinski definition) is 6. The van der Waals surface area contributed by atoms with E-state index in [0.717, 1.165) is 14.6 Å². The number of carbonyl (C=O) groups is 1. The summed E-state index contributed by atoms with van der Waals surface area (Å²) in [6.07, 6.45) is 0. The van der Waals surface area contributed by atoms with Gasteiger partial charge in [-0.25, -0.2) is 4.98 Å². The van der Waals surface area contributed by atoms with Gasteiger partial charge in [0.25, 0.3) is 0 Å². The number of benzene rings is 2. The van der Waals surface area contributed by atoms with Crippen molar-refractivity contribution >= 4 is 50.7 Å². The van der Waals surface area contributed by atoms with Crippen LogP contribution in [0.1, 0.15) is 10.4 Å². The Hall–Kier alpha value is -1.76. The Morgan fingerprint density at radius 2 is 1.96 bits per heavy atom. The number of halogens is 1. The Labute approximate surface area is 152 Å². The lowest BCUT2D eigenvalue weighted by Gasteiger charge is -2.08. The maximum atomic E-state index is 12.4. The first-order valence-corrected chi connectivity index (χ1v) is 9.23. The molecule has 0 aliphatic carbocycles. The molecule has 4 nitrogen and oxygen atoms in total. The van der Waals surface area contributed by atoms with Crippen molar-refractivity contribution in [3.8, 4) is 11.5 Å². The number of carbonyl (C=O) groups excluding carboxylic acids is 1. The molecule has 7 heteroatoms. The summed E-state index contributed by atoms with van der Waals surface area (Å²) in [5.74, 6) is 1.47. The van der Waals surface area contributed by atoms with Crippen LogP contribution in [0.25, 0.3) is 10.2 Å². The molecule has 0 radical (unpaired) electrons. The smallest absolute Gasteiger partial charge is 0.173 e. The van der Waals surface area contributed by atoms with Gasteiger partial charge in [0, 0.05) is 10.6 Å². The average molecular weight is 380 g/mol. The number of aromatic nitrogens is 1. The van der Waals surface area contributed by atoms with Gasteiger partial charge in [-0.15, -0.1) is 11.3 Å². The van der Waals surface area contributed by atoms with Crippen LogP contribution >= 0.6 is 34.7 Å². The van der Waals surface area contributed by atoms with E-state index in [2.05, 4.69) is 4.98 Å². The van der Waals surface area contributed by atoms with E-state index in [4.69, 9.17) is 21.1 Å². The van der Waals surface area contributed by atoms with Gasteiger partial charge in [-0.3, -0.25) is 4.79 Å². The molecule has 0 saturated heterocycles. The van der Waals surface area contributed by atoms with E-state index >= 15 is 0 Å². The molecule has 0 atom stereocenters. The van der Waals surface area contributed by atoms with Crippen molar-refractivity contribution in [2.75, 3.05) is 20.0 Å². The van der Waals surface area contributed by atoms with Crippen molar-refractivity contribution < 1.29 is 14.3 Å². The van der Waals surface area contributed by atoms with E-state index in [9.17, 15) is 4.79 Å². The van der Waals surface area contributed by atoms with Crippen molar-refractivity contribution in [3.05, 3.63) is 47.0 Å². The highest BCUT2D eigenvalue weighted by molar-refractivity contribution is 8.01. The fraction of sp³-hybridized carbons (Fsp3) is 0.176. The molecule has 1 aromatic heterocycles.